The lowest BCUT2D eigenvalue weighted by Gasteiger charge is -2.11. The molecule has 0 radical (unpaired) electrons. The van der Waals surface area contributed by atoms with E-state index in [2.05, 4.69) is 6.92 Å². The van der Waals surface area contributed by atoms with Crippen molar-refractivity contribution >= 4 is 0 Å². The van der Waals surface area contributed by atoms with Crippen LogP contribution in [0.5, 0.6) is 0 Å². The zero-order chi connectivity index (χ0) is 10.4. The number of nitro groups is 1. The standard InChI is InChI=1S/C11H15NO2/c1-2-6-11(9-12(13)14)10-7-4-3-5-8-10/h3-5,7-8,11H,2,6,9H2,1H3/t11-/m1/s1. The van der Waals surface area contributed by atoms with Gasteiger partial charge >= 0.3 is 0 Å². The highest BCUT2D eigenvalue weighted by molar-refractivity contribution is 5.19. The van der Waals surface area contributed by atoms with Gasteiger partial charge in [-0.25, -0.2) is 0 Å². The molecular formula is C11H15NO2. The van der Waals surface area contributed by atoms with Crippen molar-refractivity contribution in [2.45, 2.75) is 25.7 Å². The Morgan fingerprint density at radius 3 is 2.50 bits per heavy atom. The maximum absolute atomic E-state index is 10.5. The van der Waals surface area contributed by atoms with Gasteiger partial charge < -0.3 is 0 Å². The third kappa shape index (κ3) is 3.17. The Kier molecular flexibility index (Phi) is 4.11. The van der Waals surface area contributed by atoms with Gasteiger partial charge in [0.2, 0.25) is 6.54 Å². The molecule has 1 aromatic rings. The Hall–Kier alpha value is -1.38. The van der Waals surface area contributed by atoms with Crippen LogP contribution in [0.2, 0.25) is 0 Å². The van der Waals surface area contributed by atoms with Gasteiger partial charge in [0.05, 0.1) is 0 Å². The number of rotatable bonds is 5. The summed E-state index contributed by atoms with van der Waals surface area (Å²) in [7, 11) is 0. The molecule has 1 rings (SSSR count). The molecule has 1 atom stereocenters. The van der Waals surface area contributed by atoms with Crippen LogP contribution in [0, 0.1) is 10.1 Å². The predicted molar refractivity (Wildman–Crippen MR) is 56.0 cm³/mol. The first kappa shape index (κ1) is 10.7. The van der Waals surface area contributed by atoms with Gasteiger partial charge in [-0.15, -0.1) is 0 Å². The summed E-state index contributed by atoms with van der Waals surface area (Å²) in [5.74, 6) is 0.0659. The van der Waals surface area contributed by atoms with Gasteiger partial charge in [-0.05, 0) is 12.0 Å². The molecule has 0 heterocycles. The van der Waals surface area contributed by atoms with Gasteiger partial charge in [0, 0.05) is 10.8 Å². The van der Waals surface area contributed by atoms with Crippen molar-refractivity contribution in [3.63, 3.8) is 0 Å². The molecule has 3 heteroatoms. The monoisotopic (exact) mass is 193 g/mol. The summed E-state index contributed by atoms with van der Waals surface area (Å²) >= 11 is 0. The predicted octanol–water partition coefficient (Wildman–Crippen LogP) is 2.85. The van der Waals surface area contributed by atoms with E-state index in [0.717, 1.165) is 18.4 Å². The highest BCUT2D eigenvalue weighted by Crippen LogP contribution is 2.20. The Labute approximate surface area is 83.9 Å². The Morgan fingerprint density at radius 2 is 2.00 bits per heavy atom. The summed E-state index contributed by atoms with van der Waals surface area (Å²) in [6.45, 7) is 2.09. The fraction of sp³-hybridized carbons (Fsp3) is 0.455. The summed E-state index contributed by atoms with van der Waals surface area (Å²) in [6, 6.07) is 9.71. The van der Waals surface area contributed by atoms with Crippen LogP contribution in [0.15, 0.2) is 30.3 Å². The van der Waals surface area contributed by atoms with E-state index in [0.29, 0.717) is 0 Å². The minimum Gasteiger partial charge on any atom is -0.265 e. The van der Waals surface area contributed by atoms with Crippen molar-refractivity contribution in [3.8, 4) is 0 Å². The van der Waals surface area contributed by atoms with Gasteiger partial charge in [0.1, 0.15) is 0 Å². The SMILES string of the molecule is CCC[C@H](C[N+](=O)[O-])c1ccccc1. The average Bonchev–Trinajstić information content (AvgIpc) is 2.18. The van der Waals surface area contributed by atoms with E-state index in [9.17, 15) is 10.1 Å². The lowest BCUT2D eigenvalue weighted by Crippen LogP contribution is -2.12. The molecule has 0 bridgehead atoms. The molecule has 0 saturated heterocycles. The van der Waals surface area contributed by atoms with Crippen LogP contribution in [0.3, 0.4) is 0 Å². The van der Waals surface area contributed by atoms with Crippen LogP contribution >= 0.6 is 0 Å². The van der Waals surface area contributed by atoms with E-state index >= 15 is 0 Å². The van der Waals surface area contributed by atoms with Crippen molar-refractivity contribution in [3.05, 3.63) is 46.0 Å². The summed E-state index contributed by atoms with van der Waals surface area (Å²) in [4.78, 5) is 10.2. The molecule has 0 saturated carbocycles. The minimum atomic E-state index is -0.229. The van der Waals surface area contributed by atoms with Crippen LogP contribution in [0.4, 0.5) is 0 Å². The Bertz CT molecular complexity index is 285. The lowest BCUT2D eigenvalue weighted by atomic mass is 9.95. The van der Waals surface area contributed by atoms with Gasteiger partial charge in [-0.2, -0.15) is 0 Å². The smallest absolute Gasteiger partial charge is 0.210 e. The maximum Gasteiger partial charge on any atom is 0.210 e. The molecule has 0 unspecified atom stereocenters. The third-order valence-electron chi connectivity index (χ3n) is 2.28. The molecule has 0 aliphatic rings. The van der Waals surface area contributed by atoms with E-state index in [1.165, 1.54) is 0 Å². The largest absolute Gasteiger partial charge is 0.265 e. The van der Waals surface area contributed by atoms with E-state index in [1.807, 2.05) is 30.3 Å². The van der Waals surface area contributed by atoms with Crippen LogP contribution in [0.25, 0.3) is 0 Å². The summed E-state index contributed by atoms with van der Waals surface area (Å²) in [6.07, 6.45) is 1.86. The molecule has 14 heavy (non-hydrogen) atoms. The third-order valence-corrected chi connectivity index (χ3v) is 2.28. The van der Waals surface area contributed by atoms with E-state index in [1.54, 1.807) is 0 Å². The molecule has 0 N–H and O–H groups in total. The molecular weight excluding hydrogens is 178 g/mol. The molecule has 1 aromatic carbocycles. The lowest BCUT2D eigenvalue weighted by molar-refractivity contribution is -0.483. The molecule has 0 amide bonds. The summed E-state index contributed by atoms with van der Waals surface area (Å²) < 4.78 is 0. The highest BCUT2D eigenvalue weighted by Gasteiger charge is 2.15. The second-order valence-corrected chi connectivity index (χ2v) is 3.41. The fourth-order valence-corrected chi connectivity index (χ4v) is 1.62. The quantitative estimate of drug-likeness (QED) is 0.533. The normalized spacial score (nSPS) is 12.4. The number of hydrogen-bond donors (Lipinski definition) is 0. The zero-order valence-electron chi connectivity index (χ0n) is 8.35. The van der Waals surface area contributed by atoms with E-state index < -0.39 is 0 Å². The van der Waals surface area contributed by atoms with E-state index in [-0.39, 0.29) is 17.4 Å². The van der Waals surface area contributed by atoms with Gasteiger partial charge in [-0.1, -0.05) is 43.7 Å². The summed E-state index contributed by atoms with van der Waals surface area (Å²) in [5, 5.41) is 10.5. The van der Waals surface area contributed by atoms with Crippen LogP contribution in [0.1, 0.15) is 31.2 Å². The van der Waals surface area contributed by atoms with Crippen molar-refractivity contribution < 1.29 is 4.92 Å². The molecule has 0 spiro atoms. The van der Waals surface area contributed by atoms with Crippen LogP contribution in [-0.4, -0.2) is 11.5 Å². The van der Waals surface area contributed by atoms with Crippen molar-refractivity contribution in [1.82, 2.24) is 0 Å². The Morgan fingerprint density at radius 1 is 1.36 bits per heavy atom. The fourth-order valence-electron chi connectivity index (χ4n) is 1.62. The van der Waals surface area contributed by atoms with Crippen LogP contribution < -0.4 is 0 Å². The zero-order valence-corrected chi connectivity index (χ0v) is 8.35. The molecule has 0 aromatic heterocycles. The minimum absolute atomic E-state index is 0.0395. The molecule has 76 valence electrons. The topological polar surface area (TPSA) is 43.1 Å². The second-order valence-electron chi connectivity index (χ2n) is 3.41. The van der Waals surface area contributed by atoms with E-state index in [4.69, 9.17) is 0 Å². The first-order valence-electron chi connectivity index (χ1n) is 4.90. The number of hydrogen-bond acceptors (Lipinski definition) is 2. The van der Waals surface area contributed by atoms with Gasteiger partial charge in [0.15, 0.2) is 0 Å². The summed E-state index contributed by atoms with van der Waals surface area (Å²) in [5.41, 5.74) is 1.08. The van der Waals surface area contributed by atoms with Crippen LogP contribution in [-0.2, 0) is 0 Å². The second kappa shape index (κ2) is 5.37. The van der Waals surface area contributed by atoms with Crippen molar-refractivity contribution in [2.75, 3.05) is 6.54 Å². The van der Waals surface area contributed by atoms with Crippen molar-refractivity contribution in [1.29, 1.82) is 0 Å². The molecule has 0 aliphatic heterocycles. The first-order chi connectivity index (χ1) is 6.74. The average molecular weight is 193 g/mol. The highest BCUT2D eigenvalue weighted by atomic mass is 16.6. The molecule has 3 nitrogen and oxygen atoms in total. The van der Waals surface area contributed by atoms with Gasteiger partial charge in [0.25, 0.3) is 0 Å². The number of nitrogens with zero attached hydrogens (tertiary/aromatic N) is 1. The Balaban J connectivity index is 2.72. The molecule has 0 fully saturated rings. The number of benzene rings is 1. The van der Waals surface area contributed by atoms with Crippen molar-refractivity contribution in [2.24, 2.45) is 0 Å². The van der Waals surface area contributed by atoms with Gasteiger partial charge in [-0.3, -0.25) is 10.1 Å². The molecule has 0 aliphatic carbocycles. The first-order valence-corrected chi connectivity index (χ1v) is 4.90. The maximum atomic E-state index is 10.5.